The summed E-state index contributed by atoms with van der Waals surface area (Å²) in [6, 6.07) is -0.273. The van der Waals surface area contributed by atoms with Gasteiger partial charge in [0.1, 0.15) is 6.04 Å². The van der Waals surface area contributed by atoms with Gasteiger partial charge in [0.05, 0.1) is 19.1 Å². The minimum absolute atomic E-state index is 0.0127. The smallest absolute Gasteiger partial charge is 0.246 e. The number of amides is 2. The van der Waals surface area contributed by atoms with Gasteiger partial charge < -0.3 is 14.5 Å². The van der Waals surface area contributed by atoms with E-state index in [-0.39, 0.29) is 23.8 Å². The molecule has 114 valence electrons. The van der Waals surface area contributed by atoms with Crippen molar-refractivity contribution in [1.82, 2.24) is 9.80 Å². The molecule has 5 nitrogen and oxygen atoms in total. The van der Waals surface area contributed by atoms with Crippen molar-refractivity contribution >= 4 is 23.6 Å². The third-order valence-electron chi connectivity index (χ3n) is 3.92. The Labute approximate surface area is 125 Å². The Hall–Kier alpha value is -0.750. The van der Waals surface area contributed by atoms with Gasteiger partial charge in [-0.05, 0) is 6.42 Å². The summed E-state index contributed by atoms with van der Waals surface area (Å²) in [5.74, 6) is 1.60. The second-order valence-corrected chi connectivity index (χ2v) is 6.45. The van der Waals surface area contributed by atoms with E-state index in [9.17, 15) is 9.59 Å². The summed E-state index contributed by atoms with van der Waals surface area (Å²) >= 11 is 1.67. The fraction of sp³-hybridized carbons (Fsp3) is 0.857. The number of nitrogens with zero attached hydrogens (tertiary/aromatic N) is 2. The van der Waals surface area contributed by atoms with Crippen LogP contribution in [0.3, 0.4) is 0 Å². The first-order valence-electron chi connectivity index (χ1n) is 7.40. The average Bonchev–Trinajstić information content (AvgIpc) is 2.96. The molecule has 0 saturated carbocycles. The Morgan fingerprint density at radius 3 is 2.70 bits per heavy atom. The lowest BCUT2D eigenvalue weighted by Crippen LogP contribution is -2.52. The summed E-state index contributed by atoms with van der Waals surface area (Å²) < 4.78 is 5.28. The number of thioether (sulfide) groups is 1. The fourth-order valence-corrected chi connectivity index (χ4v) is 3.85. The van der Waals surface area contributed by atoms with Gasteiger partial charge >= 0.3 is 0 Å². The molecule has 2 fully saturated rings. The SMILES string of the molecule is CCC[C@H](C)C(=O)N1CSC[C@@H]1C(=O)N1CCOCC1. The summed E-state index contributed by atoms with van der Waals surface area (Å²) in [4.78, 5) is 28.6. The van der Waals surface area contributed by atoms with Gasteiger partial charge in [-0.3, -0.25) is 9.59 Å². The lowest BCUT2D eigenvalue weighted by molar-refractivity contribution is -0.147. The van der Waals surface area contributed by atoms with Crippen LogP contribution in [0.25, 0.3) is 0 Å². The van der Waals surface area contributed by atoms with Crippen molar-refractivity contribution in [2.24, 2.45) is 5.92 Å². The minimum Gasteiger partial charge on any atom is -0.378 e. The molecular formula is C14H24N2O3S. The lowest BCUT2D eigenvalue weighted by Gasteiger charge is -2.33. The highest BCUT2D eigenvalue weighted by Gasteiger charge is 2.38. The third-order valence-corrected chi connectivity index (χ3v) is 4.93. The van der Waals surface area contributed by atoms with E-state index in [2.05, 4.69) is 6.92 Å². The zero-order valence-corrected chi connectivity index (χ0v) is 13.2. The van der Waals surface area contributed by atoms with E-state index in [1.165, 1.54) is 0 Å². The van der Waals surface area contributed by atoms with Crippen LogP contribution in [0.2, 0.25) is 0 Å². The predicted octanol–water partition coefficient (Wildman–Crippen LogP) is 1.18. The van der Waals surface area contributed by atoms with Gasteiger partial charge in [0, 0.05) is 24.8 Å². The number of morpholine rings is 1. The maximum atomic E-state index is 12.6. The van der Waals surface area contributed by atoms with Gasteiger partial charge in [-0.2, -0.15) is 0 Å². The number of rotatable bonds is 4. The monoisotopic (exact) mass is 300 g/mol. The van der Waals surface area contributed by atoms with Crippen LogP contribution in [0.15, 0.2) is 0 Å². The van der Waals surface area contributed by atoms with Crippen LogP contribution in [0, 0.1) is 5.92 Å². The van der Waals surface area contributed by atoms with Crippen molar-refractivity contribution in [1.29, 1.82) is 0 Å². The van der Waals surface area contributed by atoms with Crippen molar-refractivity contribution in [3.8, 4) is 0 Å². The van der Waals surface area contributed by atoms with Crippen LogP contribution >= 0.6 is 11.8 Å². The first-order chi connectivity index (χ1) is 9.65. The average molecular weight is 300 g/mol. The molecule has 0 aromatic heterocycles. The van der Waals surface area contributed by atoms with Crippen molar-refractivity contribution in [2.45, 2.75) is 32.7 Å². The molecular weight excluding hydrogens is 276 g/mol. The molecule has 0 radical (unpaired) electrons. The highest BCUT2D eigenvalue weighted by molar-refractivity contribution is 7.99. The van der Waals surface area contributed by atoms with Gasteiger partial charge in [0.15, 0.2) is 0 Å². The van der Waals surface area contributed by atoms with Crippen LogP contribution in [0.5, 0.6) is 0 Å². The Balaban J connectivity index is 1.99. The molecule has 2 saturated heterocycles. The van der Waals surface area contributed by atoms with E-state index in [0.717, 1.165) is 18.6 Å². The van der Waals surface area contributed by atoms with E-state index < -0.39 is 0 Å². The summed E-state index contributed by atoms with van der Waals surface area (Å²) in [6.45, 7) is 6.54. The molecule has 6 heteroatoms. The zero-order chi connectivity index (χ0) is 14.5. The van der Waals surface area contributed by atoms with Crippen molar-refractivity contribution in [3.05, 3.63) is 0 Å². The first kappa shape index (κ1) is 15.6. The molecule has 2 rings (SSSR count). The van der Waals surface area contributed by atoms with Crippen LogP contribution < -0.4 is 0 Å². The van der Waals surface area contributed by atoms with Crippen LogP contribution in [-0.2, 0) is 14.3 Å². The molecule has 0 unspecified atom stereocenters. The lowest BCUT2D eigenvalue weighted by atomic mass is 10.0. The topological polar surface area (TPSA) is 49.9 Å². The second-order valence-electron chi connectivity index (χ2n) is 5.45. The molecule has 2 amide bonds. The van der Waals surface area contributed by atoms with E-state index in [1.807, 2.05) is 11.8 Å². The summed E-state index contributed by atoms with van der Waals surface area (Å²) in [6.07, 6.45) is 1.88. The molecule has 0 aliphatic carbocycles. The van der Waals surface area contributed by atoms with E-state index >= 15 is 0 Å². The van der Waals surface area contributed by atoms with Crippen molar-refractivity contribution in [3.63, 3.8) is 0 Å². The Kier molecular flexibility index (Phi) is 5.72. The quantitative estimate of drug-likeness (QED) is 0.782. The number of ether oxygens (including phenoxy) is 1. The maximum absolute atomic E-state index is 12.6. The third kappa shape index (κ3) is 3.47. The summed E-state index contributed by atoms with van der Waals surface area (Å²) in [5.41, 5.74) is 0. The first-order valence-corrected chi connectivity index (χ1v) is 8.55. The Bertz CT molecular complexity index is 358. The number of carbonyl (C=O) groups is 2. The van der Waals surface area contributed by atoms with Crippen LogP contribution in [0.1, 0.15) is 26.7 Å². The number of hydrogen-bond donors (Lipinski definition) is 0. The second kappa shape index (κ2) is 7.31. The Morgan fingerprint density at radius 2 is 2.05 bits per heavy atom. The molecule has 0 N–H and O–H groups in total. The van der Waals surface area contributed by atoms with Crippen molar-refractivity contribution in [2.75, 3.05) is 37.9 Å². The van der Waals surface area contributed by atoms with Gasteiger partial charge in [-0.1, -0.05) is 20.3 Å². The summed E-state index contributed by atoms with van der Waals surface area (Å²) in [7, 11) is 0. The molecule has 0 bridgehead atoms. The molecule has 2 aliphatic rings. The molecule has 0 aromatic carbocycles. The summed E-state index contributed by atoms with van der Waals surface area (Å²) in [5, 5.41) is 0. The van der Waals surface area contributed by atoms with E-state index in [0.29, 0.717) is 32.2 Å². The highest BCUT2D eigenvalue weighted by atomic mass is 32.2. The predicted molar refractivity (Wildman–Crippen MR) is 79.4 cm³/mol. The van der Waals surface area contributed by atoms with E-state index in [4.69, 9.17) is 4.74 Å². The van der Waals surface area contributed by atoms with Gasteiger partial charge in [-0.15, -0.1) is 11.8 Å². The minimum atomic E-state index is -0.273. The van der Waals surface area contributed by atoms with Gasteiger partial charge in [0.2, 0.25) is 11.8 Å². The van der Waals surface area contributed by atoms with Gasteiger partial charge in [-0.25, -0.2) is 0 Å². The van der Waals surface area contributed by atoms with Crippen molar-refractivity contribution < 1.29 is 14.3 Å². The molecule has 0 spiro atoms. The number of hydrogen-bond acceptors (Lipinski definition) is 4. The standard InChI is InChI=1S/C14H24N2O3S/c1-3-4-11(2)13(17)16-10-20-9-12(16)14(18)15-5-7-19-8-6-15/h11-12H,3-10H2,1-2H3/t11-,12+/m0/s1. The zero-order valence-electron chi connectivity index (χ0n) is 12.3. The van der Waals surface area contributed by atoms with Crippen LogP contribution in [0.4, 0.5) is 0 Å². The largest absolute Gasteiger partial charge is 0.378 e. The molecule has 2 atom stereocenters. The molecule has 2 aliphatic heterocycles. The van der Waals surface area contributed by atoms with Crippen LogP contribution in [-0.4, -0.2) is 65.6 Å². The molecule has 0 aromatic rings. The fourth-order valence-electron chi connectivity index (χ4n) is 2.70. The van der Waals surface area contributed by atoms with E-state index in [1.54, 1.807) is 16.7 Å². The van der Waals surface area contributed by atoms with Gasteiger partial charge in [0.25, 0.3) is 0 Å². The highest BCUT2D eigenvalue weighted by Crippen LogP contribution is 2.25. The maximum Gasteiger partial charge on any atom is 0.246 e. The number of carbonyl (C=O) groups excluding carboxylic acids is 2. The molecule has 2 heterocycles. The molecule has 20 heavy (non-hydrogen) atoms. The Morgan fingerprint density at radius 1 is 1.35 bits per heavy atom. The normalized spacial score (nSPS) is 24.8.